The van der Waals surface area contributed by atoms with Crippen molar-refractivity contribution in [2.45, 2.75) is 44.4 Å². The predicted octanol–water partition coefficient (Wildman–Crippen LogP) is -0.476. The highest BCUT2D eigenvalue weighted by atomic mass is 16.5. The highest BCUT2D eigenvalue weighted by molar-refractivity contribution is 5.42. The molecule has 0 aliphatic carbocycles. The lowest BCUT2D eigenvalue weighted by Crippen LogP contribution is -2.55. The lowest BCUT2D eigenvalue weighted by atomic mass is 9.89. The van der Waals surface area contributed by atoms with Crippen LogP contribution in [0, 0.1) is 13.8 Å². The zero-order valence-electron chi connectivity index (χ0n) is 11.4. The Morgan fingerprint density at radius 3 is 2.20 bits per heavy atom. The number of phenolic OH excluding ortho intramolecular Hbond substituents is 1. The summed E-state index contributed by atoms with van der Waals surface area (Å²) in [5.74, 6) is -0.0579. The molecule has 6 nitrogen and oxygen atoms in total. The standard InChI is InChI=1S/C14H20O6/c1-6-3-8(9(16)4-7(6)2)14-13(19)12(18)11(17)10(5-15)20-14/h3-4,10-19H,5H2,1-2H3. The Morgan fingerprint density at radius 1 is 1.00 bits per heavy atom. The van der Waals surface area contributed by atoms with Crippen LogP contribution in [0.2, 0.25) is 0 Å². The van der Waals surface area contributed by atoms with Crippen LogP contribution in [-0.2, 0) is 4.74 Å². The van der Waals surface area contributed by atoms with Crippen molar-refractivity contribution in [3.8, 4) is 5.75 Å². The lowest BCUT2D eigenvalue weighted by Gasteiger charge is -2.40. The molecule has 0 saturated carbocycles. The molecule has 1 aliphatic rings. The first-order valence-corrected chi connectivity index (χ1v) is 6.47. The molecule has 5 atom stereocenters. The molecule has 0 spiro atoms. The lowest BCUT2D eigenvalue weighted by molar-refractivity contribution is -0.232. The van der Waals surface area contributed by atoms with E-state index in [-0.39, 0.29) is 5.75 Å². The summed E-state index contributed by atoms with van der Waals surface area (Å²) in [7, 11) is 0. The minimum Gasteiger partial charge on any atom is -0.508 e. The number of aliphatic hydroxyl groups excluding tert-OH is 4. The molecule has 1 heterocycles. The Kier molecular flexibility index (Phi) is 4.31. The number of aliphatic hydroxyl groups is 4. The number of ether oxygens (including phenoxy) is 1. The van der Waals surface area contributed by atoms with Crippen LogP contribution in [0.1, 0.15) is 22.8 Å². The van der Waals surface area contributed by atoms with E-state index in [1.807, 2.05) is 13.8 Å². The normalized spacial score (nSPS) is 34.2. The third-order valence-electron chi connectivity index (χ3n) is 3.84. The van der Waals surface area contributed by atoms with Gasteiger partial charge in [0.1, 0.15) is 36.3 Å². The maximum absolute atomic E-state index is 10.0. The largest absolute Gasteiger partial charge is 0.508 e. The molecule has 5 N–H and O–H groups in total. The molecule has 112 valence electrons. The first kappa shape index (κ1) is 15.2. The quantitative estimate of drug-likeness (QED) is 0.502. The van der Waals surface area contributed by atoms with E-state index in [1.165, 1.54) is 0 Å². The highest BCUT2D eigenvalue weighted by Crippen LogP contribution is 2.37. The summed E-state index contributed by atoms with van der Waals surface area (Å²) in [5.41, 5.74) is 2.11. The Balaban J connectivity index is 2.38. The van der Waals surface area contributed by atoms with Crippen LogP contribution in [-0.4, -0.2) is 56.6 Å². The van der Waals surface area contributed by atoms with Crippen molar-refractivity contribution in [1.29, 1.82) is 0 Å². The van der Waals surface area contributed by atoms with Gasteiger partial charge in [-0.3, -0.25) is 0 Å². The van der Waals surface area contributed by atoms with Crippen molar-refractivity contribution >= 4 is 0 Å². The fraction of sp³-hybridized carbons (Fsp3) is 0.571. The van der Waals surface area contributed by atoms with Gasteiger partial charge in [-0.15, -0.1) is 0 Å². The van der Waals surface area contributed by atoms with E-state index in [0.29, 0.717) is 5.56 Å². The summed E-state index contributed by atoms with van der Waals surface area (Å²) in [6.45, 7) is 3.20. The monoisotopic (exact) mass is 284 g/mol. The van der Waals surface area contributed by atoms with Crippen molar-refractivity contribution in [3.63, 3.8) is 0 Å². The van der Waals surface area contributed by atoms with E-state index < -0.39 is 37.1 Å². The summed E-state index contributed by atoms with van der Waals surface area (Å²) < 4.78 is 5.42. The molecule has 0 aromatic heterocycles. The Labute approximate surface area is 116 Å². The first-order chi connectivity index (χ1) is 9.36. The third kappa shape index (κ3) is 2.53. The molecule has 1 aromatic rings. The zero-order valence-corrected chi connectivity index (χ0v) is 11.4. The smallest absolute Gasteiger partial charge is 0.121 e. The van der Waals surface area contributed by atoms with Crippen LogP contribution in [0.4, 0.5) is 0 Å². The molecule has 1 aliphatic heterocycles. The molecular formula is C14H20O6. The van der Waals surface area contributed by atoms with Gasteiger partial charge in [0.05, 0.1) is 6.61 Å². The number of phenols is 1. The van der Waals surface area contributed by atoms with E-state index in [2.05, 4.69) is 0 Å². The number of hydrogen-bond acceptors (Lipinski definition) is 6. The SMILES string of the molecule is Cc1cc(O)c(C2OC(CO)C(O)C(O)C2O)cc1C. The molecular weight excluding hydrogens is 264 g/mol. The Hall–Kier alpha value is -1.18. The minimum atomic E-state index is -1.45. The van der Waals surface area contributed by atoms with Crippen LogP contribution in [0.25, 0.3) is 0 Å². The highest BCUT2D eigenvalue weighted by Gasteiger charge is 2.44. The molecule has 1 fully saturated rings. The summed E-state index contributed by atoms with van der Waals surface area (Å²) >= 11 is 0. The second-order valence-corrected chi connectivity index (χ2v) is 5.24. The van der Waals surface area contributed by atoms with Gasteiger partial charge < -0.3 is 30.3 Å². The van der Waals surface area contributed by atoms with Gasteiger partial charge in [-0.2, -0.15) is 0 Å². The maximum Gasteiger partial charge on any atom is 0.121 e. The molecule has 0 amide bonds. The fourth-order valence-corrected chi connectivity index (χ4v) is 2.41. The van der Waals surface area contributed by atoms with Crippen LogP contribution in [0.5, 0.6) is 5.75 Å². The number of rotatable bonds is 2. The van der Waals surface area contributed by atoms with Crippen LogP contribution in [0.3, 0.4) is 0 Å². The van der Waals surface area contributed by atoms with Crippen molar-refractivity contribution in [2.75, 3.05) is 6.61 Å². The van der Waals surface area contributed by atoms with Gasteiger partial charge in [-0.25, -0.2) is 0 Å². The molecule has 1 aromatic carbocycles. The second kappa shape index (κ2) is 5.67. The van der Waals surface area contributed by atoms with E-state index in [1.54, 1.807) is 12.1 Å². The molecule has 2 rings (SSSR count). The zero-order chi connectivity index (χ0) is 15.0. The topological polar surface area (TPSA) is 110 Å². The molecule has 0 radical (unpaired) electrons. The van der Waals surface area contributed by atoms with Gasteiger partial charge in [0, 0.05) is 5.56 Å². The molecule has 5 unspecified atom stereocenters. The van der Waals surface area contributed by atoms with Crippen LogP contribution >= 0.6 is 0 Å². The maximum atomic E-state index is 10.0. The summed E-state index contributed by atoms with van der Waals surface area (Å²) in [4.78, 5) is 0. The Morgan fingerprint density at radius 2 is 1.60 bits per heavy atom. The van der Waals surface area contributed by atoms with Gasteiger partial charge in [0.25, 0.3) is 0 Å². The molecule has 20 heavy (non-hydrogen) atoms. The van der Waals surface area contributed by atoms with Gasteiger partial charge in [0.15, 0.2) is 0 Å². The van der Waals surface area contributed by atoms with E-state index >= 15 is 0 Å². The number of benzene rings is 1. The average Bonchev–Trinajstić information content (AvgIpc) is 2.41. The van der Waals surface area contributed by atoms with Gasteiger partial charge in [-0.05, 0) is 37.1 Å². The van der Waals surface area contributed by atoms with E-state index in [0.717, 1.165) is 11.1 Å². The Bertz CT molecular complexity index is 487. The minimum absolute atomic E-state index is 0.0579. The van der Waals surface area contributed by atoms with Gasteiger partial charge in [-0.1, -0.05) is 0 Å². The van der Waals surface area contributed by atoms with E-state index in [4.69, 9.17) is 9.84 Å². The van der Waals surface area contributed by atoms with Crippen LogP contribution in [0.15, 0.2) is 12.1 Å². The van der Waals surface area contributed by atoms with E-state index in [9.17, 15) is 20.4 Å². The second-order valence-electron chi connectivity index (χ2n) is 5.24. The van der Waals surface area contributed by atoms with Gasteiger partial charge >= 0.3 is 0 Å². The third-order valence-corrected chi connectivity index (χ3v) is 3.84. The first-order valence-electron chi connectivity index (χ1n) is 6.47. The molecule has 1 saturated heterocycles. The number of aryl methyl sites for hydroxylation is 2. The molecule has 6 heteroatoms. The summed E-state index contributed by atoms with van der Waals surface area (Å²) in [6.07, 6.45) is -6.24. The number of hydrogen-bond donors (Lipinski definition) is 5. The fourth-order valence-electron chi connectivity index (χ4n) is 2.41. The number of aromatic hydroxyl groups is 1. The van der Waals surface area contributed by atoms with Crippen LogP contribution < -0.4 is 0 Å². The van der Waals surface area contributed by atoms with Crippen molar-refractivity contribution in [3.05, 3.63) is 28.8 Å². The summed E-state index contributed by atoms with van der Waals surface area (Å²) in [5, 5.41) is 48.7. The molecule has 0 bridgehead atoms. The van der Waals surface area contributed by atoms with Crippen molar-refractivity contribution < 1.29 is 30.3 Å². The summed E-state index contributed by atoms with van der Waals surface area (Å²) in [6, 6.07) is 3.21. The van der Waals surface area contributed by atoms with Gasteiger partial charge in [0.2, 0.25) is 0 Å². The van der Waals surface area contributed by atoms with Crippen molar-refractivity contribution in [1.82, 2.24) is 0 Å². The predicted molar refractivity (Wildman–Crippen MR) is 70.3 cm³/mol. The van der Waals surface area contributed by atoms with Crippen molar-refractivity contribution in [2.24, 2.45) is 0 Å². The average molecular weight is 284 g/mol.